The van der Waals surface area contributed by atoms with Crippen molar-refractivity contribution in [1.82, 2.24) is 10.2 Å². The van der Waals surface area contributed by atoms with Gasteiger partial charge < -0.3 is 15.3 Å². The van der Waals surface area contributed by atoms with Gasteiger partial charge in [0.1, 0.15) is 0 Å². The molecular formula is C13H26N2O2. The Kier molecular flexibility index (Phi) is 5.92. The predicted octanol–water partition coefficient (Wildman–Crippen LogP) is 1.14. The van der Waals surface area contributed by atoms with Crippen LogP contribution < -0.4 is 5.32 Å². The van der Waals surface area contributed by atoms with Gasteiger partial charge >= 0.3 is 0 Å². The summed E-state index contributed by atoms with van der Waals surface area (Å²) in [6, 6.07) is 0. The van der Waals surface area contributed by atoms with Crippen molar-refractivity contribution >= 4 is 5.91 Å². The van der Waals surface area contributed by atoms with Crippen molar-refractivity contribution in [2.24, 2.45) is 0 Å². The molecule has 1 saturated carbocycles. The number of nitrogens with one attached hydrogen (secondary N) is 1. The molecule has 1 aliphatic carbocycles. The first-order valence-corrected chi connectivity index (χ1v) is 6.67. The second kappa shape index (κ2) is 6.97. The van der Waals surface area contributed by atoms with Gasteiger partial charge in [-0.1, -0.05) is 19.3 Å². The van der Waals surface area contributed by atoms with E-state index in [0.717, 1.165) is 38.6 Å². The third kappa shape index (κ3) is 5.50. The number of carbonyl (C=O) groups is 1. The van der Waals surface area contributed by atoms with Crippen LogP contribution in [0.1, 0.15) is 44.9 Å². The molecule has 0 aromatic heterocycles. The van der Waals surface area contributed by atoms with Crippen molar-refractivity contribution in [1.29, 1.82) is 0 Å². The lowest BCUT2D eigenvalue weighted by Gasteiger charge is -2.32. The fourth-order valence-electron chi connectivity index (χ4n) is 2.30. The van der Waals surface area contributed by atoms with Gasteiger partial charge in [0.05, 0.1) is 5.60 Å². The highest BCUT2D eigenvalue weighted by Crippen LogP contribution is 2.27. The maximum absolute atomic E-state index is 11.3. The summed E-state index contributed by atoms with van der Waals surface area (Å²) in [6.45, 7) is 1.48. The monoisotopic (exact) mass is 242 g/mol. The first kappa shape index (κ1) is 14.5. The Morgan fingerprint density at radius 3 is 2.53 bits per heavy atom. The second-order valence-corrected chi connectivity index (χ2v) is 5.35. The molecular weight excluding hydrogens is 216 g/mol. The maximum atomic E-state index is 11.3. The van der Waals surface area contributed by atoms with Gasteiger partial charge in [0, 0.05) is 27.1 Å². The number of nitrogens with zero attached hydrogens (tertiary/aromatic N) is 1. The summed E-state index contributed by atoms with van der Waals surface area (Å²) in [5.74, 6) is 0.170. The van der Waals surface area contributed by atoms with Crippen molar-refractivity contribution in [3.8, 4) is 0 Å². The predicted molar refractivity (Wildman–Crippen MR) is 68.8 cm³/mol. The molecule has 1 amide bonds. The Morgan fingerprint density at radius 1 is 1.29 bits per heavy atom. The molecule has 1 fully saturated rings. The molecule has 4 nitrogen and oxygen atoms in total. The maximum Gasteiger partial charge on any atom is 0.222 e. The third-order valence-corrected chi connectivity index (χ3v) is 3.48. The third-order valence-electron chi connectivity index (χ3n) is 3.48. The number of hydrogen-bond donors (Lipinski definition) is 2. The lowest BCUT2D eigenvalue weighted by molar-refractivity contribution is -0.128. The molecule has 0 radical (unpaired) electrons. The van der Waals surface area contributed by atoms with Crippen LogP contribution in [0.25, 0.3) is 0 Å². The van der Waals surface area contributed by atoms with Crippen molar-refractivity contribution in [3.63, 3.8) is 0 Å². The molecule has 0 aliphatic heterocycles. The Labute approximate surface area is 104 Å². The molecule has 0 spiro atoms. The number of amides is 1. The molecule has 0 atom stereocenters. The van der Waals surface area contributed by atoms with Crippen LogP contribution in [0.3, 0.4) is 0 Å². The smallest absolute Gasteiger partial charge is 0.222 e. The number of aliphatic hydroxyl groups is 1. The zero-order valence-electron chi connectivity index (χ0n) is 11.2. The minimum absolute atomic E-state index is 0.170. The molecule has 0 saturated heterocycles. The summed E-state index contributed by atoms with van der Waals surface area (Å²) in [6.07, 6.45) is 6.77. The van der Waals surface area contributed by atoms with Crippen LogP contribution in [0, 0.1) is 0 Å². The average Bonchev–Trinajstić information content (AvgIpc) is 2.29. The van der Waals surface area contributed by atoms with Crippen LogP contribution >= 0.6 is 0 Å². The van der Waals surface area contributed by atoms with Gasteiger partial charge in [-0.2, -0.15) is 0 Å². The van der Waals surface area contributed by atoms with E-state index in [4.69, 9.17) is 0 Å². The number of carbonyl (C=O) groups excluding carboxylic acids is 1. The second-order valence-electron chi connectivity index (χ2n) is 5.35. The molecule has 1 aliphatic rings. The van der Waals surface area contributed by atoms with Gasteiger partial charge in [0.25, 0.3) is 0 Å². The van der Waals surface area contributed by atoms with Crippen molar-refractivity contribution in [2.45, 2.75) is 50.5 Å². The summed E-state index contributed by atoms with van der Waals surface area (Å²) in [5.41, 5.74) is -0.496. The highest BCUT2D eigenvalue weighted by atomic mass is 16.3. The molecule has 4 heteroatoms. The minimum Gasteiger partial charge on any atom is -0.389 e. The van der Waals surface area contributed by atoms with Crippen LogP contribution in [0.4, 0.5) is 0 Å². The molecule has 0 aromatic carbocycles. The van der Waals surface area contributed by atoms with Crippen LogP contribution in [-0.4, -0.2) is 48.7 Å². The zero-order valence-corrected chi connectivity index (χ0v) is 11.2. The van der Waals surface area contributed by atoms with E-state index in [1.54, 1.807) is 19.0 Å². The van der Waals surface area contributed by atoms with Gasteiger partial charge in [0.2, 0.25) is 5.91 Å². The van der Waals surface area contributed by atoms with Crippen LogP contribution in [0.5, 0.6) is 0 Å². The first-order chi connectivity index (χ1) is 8.03. The lowest BCUT2D eigenvalue weighted by Crippen LogP contribution is -2.42. The number of hydrogen-bond acceptors (Lipinski definition) is 3. The molecule has 2 N–H and O–H groups in total. The van der Waals surface area contributed by atoms with Crippen LogP contribution in [0.2, 0.25) is 0 Å². The minimum atomic E-state index is -0.496. The zero-order chi connectivity index (χ0) is 12.7. The van der Waals surface area contributed by atoms with Gasteiger partial charge in [-0.15, -0.1) is 0 Å². The standard InChI is InChI=1S/C13H26N2O2/c1-15(2)12(16)7-6-10-14-11-13(17)8-4-3-5-9-13/h14,17H,3-11H2,1-2H3. The van der Waals surface area contributed by atoms with Gasteiger partial charge in [0.15, 0.2) is 0 Å². The highest BCUT2D eigenvalue weighted by molar-refractivity contribution is 5.75. The van der Waals surface area contributed by atoms with Gasteiger partial charge in [-0.25, -0.2) is 0 Å². The summed E-state index contributed by atoms with van der Waals surface area (Å²) < 4.78 is 0. The van der Waals surface area contributed by atoms with E-state index in [2.05, 4.69) is 5.32 Å². The molecule has 1 rings (SSSR count). The molecule has 0 bridgehead atoms. The van der Waals surface area contributed by atoms with E-state index >= 15 is 0 Å². The molecule has 0 unspecified atom stereocenters. The van der Waals surface area contributed by atoms with E-state index in [1.165, 1.54) is 6.42 Å². The topological polar surface area (TPSA) is 52.6 Å². The molecule has 0 heterocycles. The summed E-state index contributed by atoms with van der Waals surface area (Å²) in [4.78, 5) is 12.9. The van der Waals surface area contributed by atoms with Crippen molar-refractivity contribution < 1.29 is 9.90 Å². The molecule has 100 valence electrons. The normalized spacial score (nSPS) is 19.0. The van der Waals surface area contributed by atoms with Crippen molar-refractivity contribution in [3.05, 3.63) is 0 Å². The number of rotatable bonds is 6. The Hall–Kier alpha value is -0.610. The Balaban J connectivity index is 2.05. The quantitative estimate of drug-likeness (QED) is 0.687. The summed E-state index contributed by atoms with van der Waals surface area (Å²) in [5, 5.41) is 13.5. The molecule has 17 heavy (non-hydrogen) atoms. The Bertz CT molecular complexity index is 236. The summed E-state index contributed by atoms with van der Waals surface area (Å²) in [7, 11) is 3.56. The van der Waals surface area contributed by atoms with E-state index in [9.17, 15) is 9.90 Å². The lowest BCUT2D eigenvalue weighted by atomic mass is 9.85. The van der Waals surface area contributed by atoms with E-state index < -0.39 is 5.60 Å². The fraction of sp³-hybridized carbons (Fsp3) is 0.923. The van der Waals surface area contributed by atoms with E-state index in [0.29, 0.717) is 13.0 Å². The molecule has 0 aromatic rings. The van der Waals surface area contributed by atoms with E-state index in [-0.39, 0.29) is 5.91 Å². The largest absolute Gasteiger partial charge is 0.389 e. The van der Waals surface area contributed by atoms with Crippen LogP contribution in [-0.2, 0) is 4.79 Å². The Morgan fingerprint density at radius 2 is 1.94 bits per heavy atom. The average molecular weight is 242 g/mol. The SMILES string of the molecule is CN(C)C(=O)CCCNCC1(O)CCCCC1. The first-order valence-electron chi connectivity index (χ1n) is 6.67. The van der Waals surface area contributed by atoms with Gasteiger partial charge in [-0.05, 0) is 25.8 Å². The van der Waals surface area contributed by atoms with Gasteiger partial charge in [-0.3, -0.25) is 4.79 Å². The highest BCUT2D eigenvalue weighted by Gasteiger charge is 2.28. The van der Waals surface area contributed by atoms with E-state index in [1.807, 2.05) is 0 Å². The summed E-state index contributed by atoms with van der Waals surface area (Å²) >= 11 is 0. The van der Waals surface area contributed by atoms with Crippen molar-refractivity contribution in [2.75, 3.05) is 27.2 Å². The fourth-order valence-corrected chi connectivity index (χ4v) is 2.30. The van der Waals surface area contributed by atoms with Crippen LogP contribution in [0.15, 0.2) is 0 Å².